The van der Waals surface area contributed by atoms with Crippen LogP contribution in [0.2, 0.25) is 0 Å². The van der Waals surface area contributed by atoms with Gasteiger partial charge in [0.2, 0.25) is 5.91 Å². The summed E-state index contributed by atoms with van der Waals surface area (Å²) < 4.78 is 12.1. The van der Waals surface area contributed by atoms with Crippen molar-refractivity contribution < 1.29 is 19.4 Å². The van der Waals surface area contributed by atoms with Gasteiger partial charge < -0.3 is 24.8 Å². The summed E-state index contributed by atoms with van der Waals surface area (Å²) in [5, 5.41) is 12.8. The van der Waals surface area contributed by atoms with E-state index in [0.29, 0.717) is 13.0 Å². The van der Waals surface area contributed by atoms with Crippen molar-refractivity contribution in [2.24, 2.45) is 0 Å². The minimum atomic E-state index is -0.443. The van der Waals surface area contributed by atoms with Crippen molar-refractivity contribution in [1.29, 1.82) is 0 Å². The summed E-state index contributed by atoms with van der Waals surface area (Å²) in [4.78, 5) is 18.5. The number of aliphatic hydroxyl groups excluding tert-OH is 1. The molecule has 3 heterocycles. The van der Waals surface area contributed by atoms with Crippen molar-refractivity contribution in [3.63, 3.8) is 0 Å². The molecule has 0 saturated carbocycles. The number of amides is 1. The van der Waals surface area contributed by atoms with Crippen LogP contribution in [-0.4, -0.2) is 55.0 Å². The highest BCUT2D eigenvalue weighted by Crippen LogP contribution is 2.47. The predicted octanol–water partition coefficient (Wildman–Crippen LogP) is 1.85. The maximum atomic E-state index is 12.5. The maximum absolute atomic E-state index is 12.5. The van der Waals surface area contributed by atoms with Crippen LogP contribution in [0.3, 0.4) is 0 Å². The van der Waals surface area contributed by atoms with Crippen molar-refractivity contribution in [2.75, 3.05) is 25.6 Å². The molecule has 4 rings (SSSR count). The van der Waals surface area contributed by atoms with E-state index in [0.717, 1.165) is 22.6 Å². The SMILES string of the molecule is CN(C)c1ccc2c(c1)[C@@H]1C[C@@H](CC(=O)NCc3ccncc3)O[C@H](CO)[C@@H]1O2. The molecule has 1 fully saturated rings. The molecule has 1 aromatic heterocycles. The molecule has 0 radical (unpaired) electrons. The second-order valence-corrected chi connectivity index (χ2v) is 7.86. The lowest BCUT2D eigenvalue weighted by molar-refractivity contribution is -0.142. The number of aromatic nitrogens is 1. The summed E-state index contributed by atoms with van der Waals surface area (Å²) in [5.41, 5.74) is 3.23. The number of fused-ring (bicyclic) bond motifs is 3. The fraction of sp³-hybridized carbons (Fsp3) is 0.455. The van der Waals surface area contributed by atoms with Crippen molar-refractivity contribution in [3.05, 3.63) is 53.9 Å². The summed E-state index contributed by atoms with van der Waals surface area (Å²) in [6.45, 7) is 0.326. The Morgan fingerprint density at radius 3 is 2.79 bits per heavy atom. The van der Waals surface area contributed by atoms with Gasteiger partial charge in [-0.15, -0.1) is 0 Å². The molecule has 0 bridgehead atoms. The Labute approximate surface area is 170 Å². The number of hydrogen-bond donors (Lipinski definition) is 2. The van der Waals surface area contributed by atoms with Crippen LogP contribution in [-0.2, 0) is 16.1 Å². The molecule has 0 aliphatic carbocycles. The number of carbonyl (C=O) groups is 1. The van der Waals surface area contributed by atoms with Crippen molar-refractivity contribution in [1.82, 2.24) is 10.3 Å². The van der Waals surface area contributed by atoms with Gasteiger partial charge in [-0.1, -0.05) is 0 Å². The number of carbonyl (C=O) groups excluding carboxylic acids is 1. The fourth-order valence-electron chi connectivity index (χ4n) is 4.13. The summed E-state index contributed by atoms with van der Waals surface area (Å²) in [6.07, 6.45) is 3.43. The molecular formula is C22H27N3O4. The van der Waals surface area contributed by atoms with E-state index in [4.69, 9.17) is 9.47 Å². The second-order valence-electron chi connectivity index (χ2n) is 7.86. The molecule has 1 saturated heterocycles. The number of nitrogens with zero attached hydrogens (tertiary/aromatic N) is 2. The lowest BCUT2D eigenvalue weighted by Crippen LogP contribution is -2.47. The largest absolute Gasteiger partial charge is 0.487 e. The first kappa shape index (κ1) is 19.7. The van der Waals surface area contributed by atoms with E-state index in [1.165, 1.54) is 0 Å². The highest BCUT2D eigenvalue weighted by molar-refractivity contribution is 5.76. The van der Waals surface area contributed by atoms with E-state index in [1.54, 1.807) is 12.4 Å². The average molecular weight is 397 g/mol. The van der Waals surface area contributed by atoms with Gasteiger partial charge in [-0.2, -0.15) is 0 Å². The Hall–Kier alpha value is -2.64. The van der Waals surface area contributed by atoms with Gasteiger partial charge in [0.1, 0.15) is 18.0 Å². The number of ether oxygens (including phenoxy) is 2. The molecule has 7 heteroatoms. The Kier molecular flexibility index (Phi) is 5.69. The van der Waals surface area contributed by atoms with Crippen LogP contribution in [0.4, 0.5) is 5.69 Å². The highest BCUT2D eigenvalue weighted by atomic mass is 16.6. The maximum Gasteiger partial charge on any atom is 0.222 e. The fourth-order valence-corrected chi connectivity index (χ4v) is 4.13. The van der Waals surface area contributed by atoms with Gasteiger partial charge in [-0.05, 0) is 42.3 Å². The Morgan fingerprint density at radius 2 is 2.07 bits per heavy atom. The summed E-state index contributed by atoms with van der Waals surface area (Å²) in [5.74, 6) is 0.882. The van der Waals surface area contributed by atoms with E-state index in [1.807, 2.05) is 38.4 Å². The Bertz CT molecular complexity index is 858. The second kappa shape index (κ2) is 8.39. The van der Waals surface area contributed by atoms with Crippen LogP contribution < -0.4 is 15.0 Å². The molecule has 0 spiro atoms. The molecule has 2 aliphatic heterocycles. The quantitative estimate of drug-likeness (QED) is 0.774. The van der Waals surface area contributed by atoms with Crippen LogP contribution in [0.1, 0.15) is 29.9 Å². The number of nitrogens with one attached hydrogen (secondary N) is 1. The highest BCUT2D eigenvalue weighted by Gasteiger charge is 2.46. The molecule has 154 valence electrons. The van der Waals surface area contributed by atoms with Gasteiger partial charge in [-0.25, -0.2) is 0 Å². The minimum Gasteiger partial charge on any atom is -0.487 e. The van der Waals surface area contributed by atoms with Gasteiger partial charge in [0, 0.05) is 50.2 Å². The van der Waals surface area contributed by atoms with Crippen LogP contribution in [0, 0.1) is 0 Å². The third-order valence-corrected chi connectivity index (χ3v) is 5.65. The van der Waals surface area contributed by atoms with Gasteiger partial charge >= 0.3 is 0 Å². The van der Waals surface area contributed by atoms with Gasteiger partial charge in [-0.3, -0.25) is 9.78 Å². The van der Waals surface area contributed by atoms with E-state index in [-0.39, 0.29) is 37.1 Å². The first-order chi connectivity index (χ1) is 14.0. The van der Waals surface area contributed by atoms with E-state index >= 15 is 0 Å². The molecule has 29 heavy (non-hydrogen) atoms. The minimum absolute atomic E-state index is 0.0665. The van der Waals surface area contributed by atoms with Crippen molar-refractivity contribution >= 4 is 11.6 Å². The lowest BCUT2D eigenvalue weighted by atomic mass is 9.84. The monoisotopic (exact) mass is 397 g/mol. The predicted molar refractivity (Wildman–Crippen MR) is 109 cm³/mol. The number of benzene rings is 1. The zero-order valence-electron chi connectivity index (χ0n) is 16.7. The molecule has 7 nitrogen and oxygen atoms in total. The van der Waals surface area contributed by atoms with Crippen molar-refractivity contribution in [3.8, 4) is 5.75 Å². The van der Waals surface area contributed by atoms with Crippen molar-refractivity contribution in [2.45, 2.75) is 43.6 Å². The third kappa shape index (κ3) is 4.21. The van der Waals surface area contributed by atoms with Crippen LogP contribution in [0.25, 0.3) is 0 Å². The number of pyridine rings is 1. The zero-order chi connectivity index (χ0) is 20.4. The molecule has 2 aromatic rings. The molecule has 4 atom stereocenters. The van der Waals surface area contributed by atoms with E-state index < -0.39 is 6.10 Å². The molecular weight excluding hydrogens is 370 g/mol. The number of rotatable bonds is 6. The molecule has 2 aliphatic rings. The Balaban J connectivity index is 1.44. The smallest absolute Gasteiger partial charge is 0.222 e. The number of hydrogen-bond acceptors (Lipinski definition) is 6. The average Bonchev–Trinajstić information content (AvgIpc) is 3.10. The van der Waals surface area contributed by atoms with E-state index in [9.17, 15) is 9.90 Å². The normalized spacial score (nSPS) is 24.9. The van der Waals surface area contributed by atoms with Gasteiger partial charge in [0.25, 0.3) is 0 Å². The third-order valence-electron chi connectivity index (χ3n) is 5.65. The van der Waals surface area contributed by atoms with E-state index in [2.05, 4.69) is 21.3 Å². The van der Waals surface area contributed by atoms with Crippen LogP contribution >= 0.6 is 0 Å². The van der Waals surface area contributed by atoms with Crippen LogP contribution in [0.15, 0.2) is 42.7 Å². The van der Waals surface area contributed by atoms with Crippen LogP contribution in [0.5, 0.6) is 5.75 Å². The topological polar surface area (TPSA) is 83.9 Å². The number of aliphatic hydroxyl groups is 1. The molecule has 1 amide bonds. The summed E-state index contributed by atoms with van der Waals surface area (Å²) in [6, 6.07) is 9.89. The number of anilines is 1. The lowest BCUT2D eigenvalue weighted by Gasteiger charge is -2.37. The van der Waals surface area contributed by atoms with Gasteiger partial charge in [0.05, 0.1) is 19.1 Å². The first-order valence-corrected chi connectivity index (χ1v) is 9.95. The summed E-state index contributed by atoms with van der Waals surface area (Å²) >= 11 is 0. The Morgan fingerprint density at radius 1 is 1.28 bits per heavy atom. The zero-order valence-corrected chi connectivity index (χ0v) is 16.7. The molecule has 0 unspecified atom stereocenters. The summed E-state index contributed by atoms with van der Waals surface area (Å²) in [7, 11) is 4.01. The van der Waals surface area contributed by atoms with Gasteiger partial charge in [0.15, 0.2) is 0 Å². The molecule has 1 aromatic carbocycles. The first-order valence-electron chi connectivity index (χ1n) is 9.95. The molecule has 2 N–H and O–H groups in total. The standard InChI is InChI=1S/C22H27N3O4/c1-25(2)15-3-4-19-17(9-15)18-10-16(28-20(13-26)22(18)29-19)11-21(27)24-12-14-5-7-23-8-6-14/h3-9,16,18,20,22,26H,10-13H2,1-2H3,(H,24,27)/t16-,18-,20+,22+/m0/s1.